The van der Waals surface area contributed by atoms with E-state index in [0.717, 1.165) is 51.5 Å². The van der Waals surface area contributed by atoms with Crippen LogP contribution in [0.15, 0.2) is 34.8 Å². The number of rotatable bonds is 4. The molecule has 1 saturated carbocycles. The van der Waals surface area contributed by atoms with Crippen LogP contribution in [-0.4, -0.2) is 30.8 Å². The largest absolute Gasteiger partial charge is 0.490 e. The molecular formula is C21H24ClN3O2. The highest BCUT2D eigenvalue weighted by molar-refractivity contribution is 6.31. The van der Waals surface area contributed by atoms with Crippen molar-refractivity contribution in [2.45, 2.75) is 57.1 Å². The average Bonchev–Trinajstić information content (AvgIpc) is 2.63. The number of hydrogen-bond donors (Lipinski definition) is 1. The second-order valence-corrected chi connectivity index (χ2v) is 7.42. The van der Waals surface area contributed by atoms with E-state index in [-0.39, 0.29) is 18.1 Å². The van der Waals surface area contributed by atoms with Crippen molar-refractivity contribution < 1.29 is 9.53 Å². The predicted molar refractivity (Wildman–Crippen MR) is 106 cm³/mol. The summed E-state index contributed by atoms with van der Waals surface area (Å²) in [5.41, 5.74) is 1.13. The Hall–Kier alpha value is -2.32. The number of allylic oxidation sites excluding steroid dienone is 1. The van der Waals surface area contributed by atoms with Crippen molar-refractivity contribution in [3.05, 3.63) is 40.4 Å². The molecule has 2 aliphatic rings. The van der Waals surface area contributed by atoms with E-state index in [1.54, 1.807) is 24.4 Å². The molecule has 0 spiro atoms. The van der Waals surface area contributed by atoms with Crippen molar-refractivity contribution in [2.24, 2.45) is 4.99 Å². The van der Waals surface area contributed by atoms with Crippen LogP contribution in [0.4, 0.5) is 0 Å². The first-order chi connectivity index (χ1) is 13.2. The van der Waals surface area contributed by atoms with Gasteiger partial charge in [-0.15, -0.1) is 0 Å². The molecule has 1 aliphatic carbocycles. The molecule has 1 aromatic carbocycles. The normalized spacial score (nSPS) is 25.9. The molecule has 1 N–H and O–H groups in total. The van der Waals surface area contributed by atoms with Gasteiger partial charge in [0.15, 0.2) is 0 Å². The Balaban J connectivity index is 1.48. The van der Waals surface area contributed by atoms with Crippen molar-refractivity contribution in [2.75, 3.05) is 6.54 Å². The molecule has 0 saturated heterocycles. The van der Waals surface area contributed by atoms with E-state index in [1.807, 2.05) is 12.1 Å². The minimum atomic E-state index is -0.0242. The maximum Gasteiger partial charge on any atom is 0.252 e. The first kappa shape index (κ1) is 19.4. The number of ether oxygens (including phenoxy) is 1. The summed E-state index contributed by atoms with van der Waals surface area (Å²) in [4.78, 5) is 16.8. The molecule has 0 atom stereocenters. The Morgan fingerprint density at radius 2 is 2.07 bits per heavy atom. The van der Waals surface area contributed by atoms with Crippen molar-refractivity contribution in [1.82, 2.24) is 5.32 Å². The van der Waals surface area contributed by atoms with E-state index in [4.69, 9.17) is 21.6 Å². The van der Waals surface area contributed by atoms with Gasteiger partial charge < -0.3 is 10.1 Å². The van der Waals surface area contributed by atoms with E-state index in [9.17, 15) is 4.79 Å². The van der Waals surface area contributed by atoms with Crippen LogP contribution in [0.5, 0.6) is 5.75 Å². The molecule has 142 valence electrons. The van der Waals surface area contributed by atoms with Gasteiger partial charge in [0.05, 0.1) is 22.3 Å². The average molecular weight is 386 g/mol. The molecule has 27 heavy (non-hydrogen) atoms. The van der Waals surface area contributed by atoms with Gasteiger partial charge >= 0.3 is 0 Å². The van der Waals surface area contributed by atoms with Gasteiger partial charge in [-0.05, 0) is 57.1 Å². The number of halogens is 1. The highest BCUT2D eigenvalue weighted by Gasteiger charge is 2.24. The maximum absolute atomic E-state index is 12.5. The van der Waals surface area contributed by atoms with Crippen molar-refractivity contribution in [3.63, 3.8) is 0 Å². The summed E-state index contributed by atoms with van der Waals surface area (Å²) in [6.45, 7) is 0.798. The van der Waals surface area contributed by atoms with Gasteiger partial charge in [0.2, 0.25) is 0 Å². The van der Waals surface area contributed by atoms with Crippen LogP contribution in [0.2, 0.25) is 5.02 Å². The summed E-state index contributed by atoms with van der Waals surface area (Å²) >= 11 is 6.06. The lowest BCUT2D eigenvalue weighted by atomic mass is 9.92. The topological polar surface area (TPSA) is 74.5 Å². The number of carbonyl (C=O) groups excluding carboxylic acids is 1. The Kier molecular flexibility index (Phi) is 6.89. The molecule has 0 bridgehead atoms. The highest BCUT2D eigenvalue weighted by Crippen LogP contribution is 2.27. The second kappa shape index (κ2) is 9.57. The van der Waals surface area contributed by atoms with E-state index < -0.39 is 0 Å². The van der Waals surface area contributed by atoms with Crippen molar-refractivity contribution in [1.29, 1.82) is 5.26 Å². The number of carbonyl (C=O) groups is 1. The number of benzene rings is 1. The van der Waals surface area contributed by atoms with Gasteiger partial charge in [-0.25, -0.2) is 0 Å². The first-order valence-corrected chi connectivity index (χ1v) is 9.90. The van der Waals surface area contributed by atoms with Gasteiger partial charge in [-0.1, -0.05) is 17.7 Å². The fourth-order valence-electron chi connectivity index (χ4n) is 3.42. The van der Waals surface area contributed by atoms with Crippen LogP contribution in [0.3, 0.4) is 0 Å². The van der Waals surface area contributed by atoms with Crippen LogP contribution >= 0.6 is 11.6 Å². The third-order valence-electron chi connectivity index (χ3n) is 4.97. The quantitative estimate of drug-likeness (QED) is 0.843. The summed E-state index contributed by atoms with van der Waals surface area (Å²) in [6, 6.07) is 7.35. The summed E-state index contributed by atoms with van der Waals surface area (Å²) < 4.78 is 6.00. The second-order valence-electron chi connectivity index (χ2n) is 7.01. The Bertz CT molecular complexity index is 774. The SMILES string of the molecule is N#Cc1ccc(O[C@H]2CC[C@H](NC(=O)C3=C/CCCC/N=C\3)CC2)cc1Cl. The molecule has 5 nitrogen and oxygen atoms in total. The minimum absolute atomic E-state index is 0.0242. The summed E-state index contributed by atoms with van der Waals surface area (Å²) in [7, 11) is 0. The molecule has 6 heteroatoms. The summed E-state index contributed by atoms with van der Waals surface area (Å²) in [5.74, 6) is 0.659. The molecular weight excluding hydrogens is 362 g/mol. The van der Waals surface area contributed by atoms with Crippen LogP contribution in [0.1, 0.15) is 50.5 Å². The molecule has 1 aromatic rings. The van der Waals surface area contributed by atoms with Crippen LogP contribution in [0, 0.1) is 11.3 Å². The van der Waals surface area contributed by atoms with E-state index >= 15 is 0 Å². The predicted octanol–water partition coefficient (Wildman–Crippen LogP) is 4.20. The van der Waals surface area contributed by atoms with Gasteiger partial charge in [0.1, 0.15) is 11.8 Å². The van der Waals surface area contributed by atoms with Gasteiger partial charge in [-0.3, -0.25) is 9.79 Å². The zero-order valence-corrected chi connectivity index (χ0v) is 16.0. The van der Waals surface area contributed by atoms with E-state index in [0.29, 0.717) is 21.9 Å². The highest BCUT2D eigenvalue weighted by atomic mass is 35.5. The smallest absolute Gasteiger partial charge is 0.252 e. The Morgan fingerprint density at radius 1 is 1.26 bits per heavy atom. The molecule has 1 heterocycles. The lowest BCUT2D eigenvalue weighted by Gasteiger charge is -2.29. The van der Waals surface area contributed by atoms with Crippen LogP contribution in [-0.2, 0) is 4.79 Å². The number of aliphatic imine (C=N–C) groups is 1. The standard InChI is InChI=1S/C21H24ClN3O2/c22-20-12-19(8-5-15(20)13-23)27-18-9-6-17(7-10-18)25-21(26)16-4-2-1-3-11-24-14-16/h4-5,8,12,14,17-18H,1-3,6-7,9-11H2,(H,25,26)/b16-4+,24-14-/t17-,18-. The number of nitrogens with one attached hydrogen (secondary N) is 1. The van der Waals surface area contributed by atoms with E-state index in [1.165, 1.54) is 0 Å². The van der Waals surface area contributed by atoms with Gasteiger partial charge in [0.25, 0.3) is 5.91 Å². The molecule has 3 rings (SSSR count). The fourth-order valence-corrected chi connectivity index (χ4v) is 3.63. The van der Waals surface area contributed by atoms with Crippen LogP contribution in [0.25, 0.3) is 0 Å². The third-order valence-corrected chi connectivity index (χ3v) is 5.28. The molecule has 0 aromatic heterocycles. The van der Waals surface area contributed by atoms with Crippen molar-refractivity contribution in [3.8, 4) is 11.8 Å². The van der Waals surface area contributed by atoms with Crippen molar-refractivity contribution >= 4 is 23.7 Å². The molecule has 1 fully saturated rings. The first-order valence-electron chi connectivity index (χ1n) is 9.53. The lowest BCUT2D eigenvalue weighted by Crippen LogP contribution is -2.40. The van der Waals surface area contributed by atoms with Crippen LogP contribution < -0.4 is 10.1 Å². The number of nitrogens with zero attached hydrogens (tertiary/aromatic N) is 2. The number of amides is 1. The minimum Gasteiger partial charge on any atom is -0.490 e. The molecule has 1 amide bonds. The maximum atomic E-state index is 12.5. The number of hydrogen-bond acceptors (Lipinski definition) is 4. The molecule has 0 radical (unpaired) electrons. The monoisotopic (exact) mass is 385 g/mol. The Morgan fingerprint density at radius 3 is 2.81 bits per heavy atom. The van der Waals surface area contributed by atoms with Gasteiger partial charge in [0, 0.05) is 24.9 Å². The zero-order chi connectivity index (χ0) is 19.1. The molecule has 0 unspecified atom stereocenters. The fraction of sp³-hybridized carbons (Fsp3) is 0.476. The third kappa shape index (κ3) is 5.58. The van der Waals surface area contributed by atoms with Gasteiger partial charge in [-0.2, -0.15) is 5.26 Å². The number of nitriles is 1. The zero-order valence-electron chi connectivity index (χ0n) is 15.3. The van der Waals surface area contributed by atoms with E-state index in [2.05, 4.69) is 10.3 Å². The molecule has 1 aliphatic heterocycles. The Labute approximate surface area is 165 Å². The summed E-state index contributed by atoms with van der Waals surface area (Å²) in [5, 5.41) is 12.5. The lowest BCUT2D eigenvalue weighted by molar-refractivity contribution is -0.118. The summed E-state index contributed by atoms with van der Waals surface area (Å²) in [6.07, 6.45) is 10.4.